The lowest BCUT2D eigenvalue weighted by atomic mass is 10.0. The third-order valence-corrected chi connectivity index (χ3v) is 3.33. The minimum atomic E-state index is 0.0714. The normalized spacial score (nSPS) is 10.6. The van der Waals surface area contributed by atoms with Gasteiger partial charge in [-0.1, -0.05) is 57.6 Å². The van der Waals surface area contributed by atoms with E-state index in [1.165, 1.54) is 50.5 Å². The van der Waals surface area contributed by atoms with Crippen molar-refractivity contribution in [3.63, 3.8) is 0 Å². The van der Waals surface area contributed by atoms with Crippen molar-refractivity contribution in [1.29, 1.82) is 0 Å². The van der Waals surface area contributed by atoms with E-state index in [2.05, 4.69) is 19.1 Å². The number of rotatable bonds is 11. The fraction of sp³-hybridized carbons (Fsp3) is 0.647. The fourth-order valence-electron chi connectivity index (χ4n) is 2.24. The molecule has 0 amide bonds. The molecule has 0 heterocycles. The molecule has 0 radical (unpaired) electrons. The fourth-order valence-corrected chi connectivity index (χ4v) is 2.24. The minimum Gasteiger partial charge on any atom is -0.491 e. The number of hydrogen-bond donors (Lipinski definition) is 1. The Labute approximate surface area is 117 Å². The second kappa shape index (κ2) is 10.9. The number of hydrogen-bond acceptors (Lipinski definition) is 2. The third-order valence-electron chi connectivity index (χ3n) is 3.33. The van der Waals surface area contributed by atoms with E-state index in [1.54, 1.807) is 0 Å². The lowest BCUT2D eigenvalue weighted by Gasteiger charge is -2.07. The van der Waals surface area contributed by atoms with Crippen LogP contribution in [0.2, 0.25) is 0 Å². The Balaban J connectivity index is 2.14. The molecule has 0 atom stereocenters. The zero-order chi connectivity index (χ0) is 13.8. The van der Waals surface area contributed by atoms with Crippen LogP contribution in [0.5, 0.6) is 5.75 Å². The quantitative estimate of drug-likeness (QED) is 0.602. The van der Waals surface area contributed by atoms with Crippen molar-refractivity contribution >= 4 is 0 Å². The molecule has 1 rings (SSSR count). The highest BCUT2D eigenvalue weighted by molar-refractivity contribution is 5.28. The molecule has 0 unspecified atom stereocenters. The maximum atomic E-state index is 8.73. The largest absolute Gasteiger partial charge is 0.491 e. The molecule has 2 heteroatoms. The van der Waals surface area contributed by atoms with Gasteiger partial charge in [0.15, 0.2) is 0 Å². The molecule has 0 fully saturated rings. The molecule has 1 aromatic carbocycles. The zero-order valence-electron chi connectivity index (χ0n) is 12.2. The van der Waals surface area contributed by atoms with Crippen LogP contribution in [0, 0.1) is 0 Å². The molecule has 0 spiro atoms. The summed E-state index contributed by atoms with van der Waals surface area (Å²) in [6.45, 7) is 2.70. The summed E-state index contributed by atoms with van der Waals surface area (Å²) in [5, 5.41) is 8.73. The summed E-state index contributed by atoms with van der Waals surface area (Å²) >= 11 is 0. The first kappa shape index (κ1) is 16.0. The van der Waals surface area contributed by atoms with Crippen molar-refractivity contribution < 1.29 is 9.84 Å². The van der Waals surface area contributed by atoms with Gasteiger partial charge >= 0.3 is 0 Å². The van der Waals surface area contributed by atoms with Crippen LogP contribution < -0.4 is 4.74 Å². The van der Waals surface area contributed by atoms with E-state index in [0.717, 1.165) is 12.2 Å². The first-order valence-corrected chi connectivity index (χ1v) is 7.69. The predicted octanol–water partition coefficient (Wildman–Crippen LogP) is 4.35. The molecule has 0 aliphatic rings. The highest BCUT2D eigenvalue weighted by Gasteiger charge is 1.98. The van der Waals surface area contributed by atoms with E-state index in [9.17, 15) is 0 Å². The molecule has 0 aromatic heterocycles. The Morgan fingerprint density at radius 2 is 1.74 bits per heavy atom. The molecular weight excluding hydrogens is 236 g/mol. The van der Waals surface area contributed by atoms with Crippen molar-refractivity contribution in [1.82, 2.24) is 0 Å². The molecule has 0 saturated carbocycles. The first-order chi connectivity index (χ1) is 9.36. The number of ether oxygens (including phenoxy) is 1. The second-order valence-electron chi connectivity index (χ2n) is 5.09. The standard InChI is InChI=1S/C17H28O2/c1-2-3-4-5-6-7-8-10-16-11-9-12-17(15-16)19-14-13-18/h9,11-12,15,18H,2-8,10,13-14H2,1H3. The number of unbranched alkanes of at least 4 members (excludes halogenated alkanes) is 6. The van der Waals surface area contributed by atoms with E-state index in [1.807, 2.05) is 12.1 Å². The summed E-state index contributed by atoms with van der Waals surface area (Å²) < 4.78 is 5.42. The molecule has 0 aliphatic heterocycles. The van der Waals surface area contributed by atoms with Gasteiger partial charge in [-0.3, -0.25) is 0 Å². The van der Waals surface area contributed by atoms with Gasteiger partial charge < -0.3 is 9.84 Å². The Kier molecular flexibility index (Phi) is 9.17. The van der Waals surface area contributed by atoms with Crippen molar-refractivity contribution in [2.45, 2.75) is 58.3 Å². The Hall–Kier alpha value is -1.02. The van der Waals surface area contributed by atoms with E-state index in [4.69, 9.17) is 9.84 Å². The summed E-state index contributed by atoms with van der Waals surface area (Å²) in [4.78, 5) is 0. The summed E-state index contributed by atoms with van der Waals surface area (Å²) in [6.07, 6.45) is 10.5. The van der Waals surface area contributed by atoms with Crippen LogP contribution in [-0.2, 0) is 6.42 Å². The summed E-state index contributed by atoms with van der Waals surface area (Å²) in [5.41, 5.74) is 1.34. The minimum absolute atomic E-state index is 0.0714. The van der Waals surface area contributed by atoms with Gasteiger partial charge in [0.05, 0.1) is 6.61 Å². The molecular formula is C17H28O2. The van der Waals surface area contributed by atoms with Crippen LogP contribution in [-0.4, -0.2) is 18.3 Å². The molecule has 0 aliphatic carbocycles. The van der Waals surface area contributed by atoms with E-state index < -0.39 is 0 Å². The van der Waals surface area contributed by atoms with Crippen LogP contribution in [0.4, 0.5) is 0 Å². The Morgan fingerprint density at radius 3 is 2.47 bits per heavy atom. The molecule has 108 valence electrons. The van der Waals surface area contributed by atoms with Crippen molar-refractivity contribution in [2.75, 3.05) is 13.2 Å². The van der Waals surface area contributed by atoms with Crippen LogP contribution in [0.1, 0.15) is 57.4 Å². The molecule has 0 bridgehead atoms. The van der Waals surface area contributed by atoms with Crippen molar-refractivity contribution in [3.05, 3.63) is 29.8 Å². The van der Waals surface area contributed by atoms with E-state index >= 15 is 0 Å². The van der Waals surface area contributed by atoms with Gasteiger partial charge in [0.2, 0.25) is 0 Å². The van der Waals surface area contributed by atoms with Crippen LogP contribution >= 0.6 is 0 Å². The SMILES string of the molecule is CCCCCCCCCc1cccc(OCCO)c1. The summed E-state index contributed by atoms with van der Waals surface area (Å²) in [5.74, 6) is 0.870. The highest BCUT2D eigenvalue weighted by atomic mass is 16.5. The van der Waals surface area contributed by atoms with Crippen LogP contribution in [0.25, 0.3) is 0 Å². The van der Waals surface area contributed by atoms with Gasteiger partial charge in [-0.2, -0.15) is 0 Å². The molecule has 1 aromatic rings. The van der Waals surface area contributed by atoms with Gasteiger partial charge in [0, 0.05) is 0 Å². The lowest BCUT2D eigenvalue weighted by Crippen LogP contribution is -2.01. The Morgan fingerprint density at radius 1 is 1.00 bits per heavy atom. The summed E-state index contributed by atoms with van der Waals surface area (Å²) in [7, 11) is 0. The Bertz CT molecular complexity index is 323. The third kappa shape index (κ3) is 7.89. The maximum Gasteiger partial charge on any atom is 0.119 e. The van der Waals surface area contributed by atoms with Crippen LogP contribution in [0.3, 0.4) is 0 Å². The van der Waals surface area contributed by atoms with Gasteiger partial charge in [0.1, 0.15) is 12.4 Å². The van der Waals surface area contributed by atoms with Crippen molar-refractivity contribution in [3.8, 4) is 5.75 Å². The number of aryl methyl sites for hydroxylation is 1. The lowest BCUT2D eigenvalue weighted by molar-refractivity contribution is 0.201. The van der Waals surface area contributed by atoms with Gasteiger partial charge in [-0.15, -0.1) is 0 Å². The maximum absolute atomic E-state index is 8.73. The number of aliphatic hydroxyl groups excluding tert-OH is 1. The predicted molar refractivity (Wildman–Crippen MR) is 80.7 cm³/mol. The molecule has 19 heavy (non-hydrogen) atoms. The van der Waals surface area contributed by atoms with E-state index in [0.29, 0.717) is 6.61 Å². The van der Waals surface area contributed by atoms with Crippen LogP contribution in [0.15, 0.2) is 24.3 Å². The smallest absolute Gasteiger partial charge is 0.119 e. The monoisotopic (exact) mass is 264 g/mol. The van der Waals surface area contributed by atoms with Gasteiger partial charge in [0.25, 0.3) is 0 Å². The molecule has 0 saturated heterocycles. The molecule has 1 N–H and O–H groups in total. The second-order valence-corrected chi connectivity index (χ2v) is 5.09. The van der Waals surface area contributed by atoms with E-state index in [-0.39, 0.29) is 6.61 Å². The number of aliphatic hydroxyl groups is 1. The molecule has 2 nitrogen and oxygen atoms in total. The summed E-state index contributed by atoms with van der Waals surface area (Å²) in [6, 6.07) is 8.23. The van der Waals surface area contributed by atoms with Gasteiger partial charge in [-0.25, -0.2) is 0 Å². The average molecular weight is 264 g/mol. The number of benzene rings is 1. The van der Waals surface area contributed by atoms with Gasteiger partial charge in [-0.05, 0) is 30.5 Å². The zero-order valence-corrected chi connectivity index (χ0v) is 12.2. The average Bonchev–Trinajstić information content (AvgIpc) is 2.44. The first-order valence-electron chi connectivity index (χ1n) is 7.69. The van der Waals surface area contributed by atoms with Crippen molar-refractivity contribution in [2.24, 2.45) is 0 Å². The topological polar surface area (TPSA) is 29.5 Å². The highest BCUT2D eigenvalue weighted by Crippen LogP contribution is 2.16.